The van der Waals surface area contributed by atoms with Crippen LogP contribution in [0.15, 0.2) is 36.4 Å². The van der Waals surface area contributed by atoms with E-state index in [1.807, 2.05) is 0 Å². The maximum atomic E-state index is 10.7. The third kappa shape index (κ3) is 4.36. The molecule has 5 rings (SSSR count). The van der Waals surface area contributed by atoms with Crippen LogP contribution in [0.5, 0.6) is 23.0 Å². The molecule has 208 valence electrons. The lowest BCUT2D eigenvalue weighted by Gasteiger charge is -2.44. The van der Waals surface area contributed by atoms with Gasteiger partial charge in [0.05, 0.1) is 40.1 Å². The Morgan fingerprint density at radius 3 is 2.29 bits per heavy atom. The molecule has 3 fully saturated rings. The van der Waals surface area contributed by atoms with Crippen LogP contribution in [0, 0.1) is 5.92 Å². The van der Waals surface area contributed by atoms with Gasteiger partial charge in [0.15, 0.2) is 29.3 Å². The van der Waals surface area contributed by atoms with Crippen molar-refractivity contribution in [3.8, 4) is 23.0 Å². The summed E-state index contributed by atoms with van der Waals surface area (Å²) in [5, 5.41) is 61.4. The zero-order valence-corrected chi connectivity index (χ0v) is 20.8. The highest BCUT2D eigenvalue weighted by Gasteiger charge is 2.63. The molecule has 3 heterocycles. The average Bonchev–Trinajstić information content (AvgIpc) is 3.46. The van der Waals surface area contributed by atoms with Crippen molar-refractivity contribution in [3.63, 3.8) is 0 Å². The Hall–Kier alpha value is -2.68. The van der Waals surface area contributed by atoms with Crippen molar-refractivity contribution < 1.29 is 59.1 Å². The molecule has 0 spiro atoms. The highest BCUT2D eigenvalue weighted by molar-refractivity contribution is 5.45. The number of hydrogen-bond donors (Lipinski definition) is 6. The van der Waals surface area contributed by atoms with Crippen molar-refractivity contribution in [2.75, 3.05) is 34.0 Å². The number of aromatic hydroxyl groups is 2. The third-order valence-electron chi connectivity index (χ3n) is 7.59. The Balaban J connectivity index is 1.53. The maximum absolute atomic E-state index is 10.7. The Kier molecular flexibility index (Phi) is 7.42. The molecule has 38 heavy (non-hydrogen) atoms. The number of phenolic OH excluding ortho intramolecular Hbond substituents is 2. The minimum Gasteiger partial charge on any atom is -0.504 e. The number of hydrogen-bond acceptors (Lipinski definition) is 12. The first-order chi connectivity index (χ1) is 18.2. The van der Waals surface area contributed by atoms with Gasteiger partial charge in [0.1, 0.15) is 36.1 Å². The monoisotopic (exact) mass is 536 g/mol. The normalized spacial score (nSPS) is 36.7. The standard InChI is InChI=1S/C26H32O12/c1-33-17-6-4-12(7-16(17)29)23-14-10-35-24(13-3-5-15(28)18(8-13)34-2)26(14,11-36-23)38-25-22(32)21(31)20(30)19(9-27)37-25/h3-8,14,19-25,27-32H,9-11H2,1-2H3. The zero-order chi connectivity index (χ0) is 27.2. The van der Waals surface area contributed by atoms with Crippen molar-refractivity contribution in [2.45, 2.75) is 48.5 Å². The lowest BCUT2D eigenvalue weighted by molar-refractivity contribution is -0.333. The molecule has 3 aliphatic rings. The topological polar surface area (TPSA) is 177 Å². The molecule has 0 saturated carbocycles. The van der Waals surface area contributed by atoms with Gasteiger partial charge in [0, 0.05) is 5.92 Å². The van der Waals surface area contributed by atoms with E-state index in [4.69, 9.17) is 28.4 Å². The lowest BCUT2D eigenvalue weighted by Crippen LogP contribution is -2.61. The second-order valence-corrected chi connectivity index (χ2v) is 9.68. The van der Waals surface area contributed by atoms with Crippen LogP contribution >= 0.6 is 0 Å². The second-order valence-electron chi connectivity index (χ2n) is 9.68. The van der Waals surface area contributed by atoms with E-state index < -0.39 is 61.0 Å². The first-order valence-electron chi connectivity index (χ1n) is 12.2. The number of aliphatic hydroxyl groups is 4. The van der Waals surface area contributed by atoms with Gasteiger partial charge in [-0.25, -0.2) is 0 Å². The van der Waals surface area contributed by atoms with Crippen molar-refractivity contribution in [1.82, 2.24) is 0 Å². The number of fused-ring (bicyclic) bond motifs is 1. The number of benzene rings is 2. The molecular weight excluding hydrogens is 504 g/mol. The number of methoxy groups -OCH3 is 2. The SMILES string of the molecule is COc1ccc(C2OCC3(OC4OC(CO)C(O)C(O)C4O)C(c4ccc(O)c(OC)c4)OCC23)cc1O. The van der Waals surface area contributed by atoms with Crippen LogP contribution in [0.25, 0.3) is 0 Å². The minimum atomic E-state index is -1.64. The summed E-state index contributed by atoms with van der Waals surface area (Å²) < 4.78 is 34.9. The van der Waals surface area contributed by atoms with Crippen LogP contribution < -0.4 is 9.47 Å². The number of aliphatic hydroxyl groups excluding tert-OH is 4. The predicted octanol–water partition coefficient (Wildman–Crippen LogP) is 0.129. The molecule has 0 aromatic heterocycles. The molecule has 3 aliphatic heterocycles. The molecule has 2 aromatic rings. The molecule has 3 saturated heterocycles. The summed E-state index contributed by atoms with van der Waals surface area (Å²) in [5.74, 6) is -0.100. The van der Waals surface area contributed by atoms with E-state index >= 15 is 0 Å². The summed E-state index contributed by atoms with van der Waals surface area (Å²) in [7, 11) is 2.86. The summed E-state index contributed by atoms with van der Waals surface area (Å²) >= 11 is 0. The summed E-state index contributed by atoms with van der Waals surface area (Å²) in [6.45, 7) is -0.485. The third-order valence-corrected chi connectivity index (χ3v) is 7.59. The number of ether oxygens (including phenoxy) is 6. The smallest absolute Gasteiger partial charge is 0.187 e. The van der Waals surface area contributed by atoms with E-state index in [0.717, 1.165) is 0 Å². The lowest BCUT2D eigenvalue weighted by atomic mass is 9.80. The quantitative estimate of drug-likeness (QED) is 0.282. The largest absolute Gasteiger partial charge is 0.504 e. The van der Waals surface area contributed by atoms with Gasteiger partial charge in [0.2, 0.25) is 0 Å². The van der Waals surface area contributed by atoms with Gasteiger partial charge in [-0.15, -0.1) is 0 Å². The number of phenols is 2. The van der Waals surface area contributed by atoms with Crippen molar-refractivity contribution >= 4 is 0 Å². The summed E-state index contributed by atoms with van der Waals surface area (Å²) in [6, 6.07) is 9.61. The molecule has 12 nitrogen and oxygen atoms in total. The van der Waals surface area contributed by atoms with Crippen LogP contribution in [-0.4, -0.2) is 101 Å². The molecule has 6 N–H and O–H groups in total. The highest BCUT2D eigenvalue weighted by Crippen LogP contribution is 2.56. The number of rotatable bonds is 7. The Morgan fingerprint density at radius 2 is 1.61 bits per heavy atom. The van der Waals surface area contributed by atoms with E-state index in [0.29, 0.717) is 16.9 Å². The van der Waals surface area contributed by atoms with E-state index in [2.05, 4.69) is 0 Å². The first kappa shape index (κ1) is 26.9. The van der Waals surface area contributed by atoms with E-state index in [-0.39, 0.29) is 30.5 Å². The summed E-state index contributed by atoms with van der Waals surface area (Å²) in [6.07, 6.45) is -8.81. The molecule has 2 aromatic carbocycles. The molecule has 9 unspecified atom stereocenters. The van der Waals surface area contributed by atoms with Crippen LogP contribution in [0.2, 0.25) is 0 Å². The van der Waals surface area contributed by atoms with E-state index in [1.165, 1.54) is 26.4 Å². The van der Waals surface area contributed by atoms with Gasteiger partial charge in [-0.3, -0.25) is 0 Å². The van der Waals surface area contributed by atoms with Gasteiger partial charge >= 0.3 is 0 Å². The van der Waals surface area contributed by atoms with Gasteiger partial charge in [-0.05, 0) is 35.4 Å². The Morgan fingerprint density at radius 1 is 0.868 bits per heavy atom. The van der Waals surface area contributed by atoms with Gasteiger partial charge < -0.3 is 59.1 Å². The van der Waals surface area contributed by atoms with Crippen molar-refractivity contribution in [2.24, 2.45) is 5.92 Å². The van der Waals surface area contributed by atoms with Crippen molar-refractivity contribution in [3.05, 3.63) is 47.5 Å². The minimum absolute atomic E-state index is 0.0298. The summed E-state index contributed by atoms with van der Waals surface area (Å²) in [5.41, 5.74) is -0.0516. The Labute approximate surface area is 218 Å². The van der Waals surface area contributed by atoms with Crippen molar-refractivity contribution in [1.29, 1.82) is 0 Å². The molecule has 12 heteroatoms. The van der Waals surface area contributed by atoms with Crippen LogP contribution in [0.4, 0.5) is 0 Å². The maximum Gasteiger partial charge on any atom is 0.187 e. The Bertz CT molecular complexity index is 1140. The highest BCUT2D eigenvalue weighted by atomic mass is 16.7. The second kappa shape index (κ2) is 10.5. The fraction of sp³-hybridized carbons (Fsp3) is 0.538. The van der Waals surface area contributed by atoms with Gasteiger partial charge in [0.25, 0.3) is 0 Å². The van der Waals surface area contributed by atoms with Crippen LogP contribution in [0.3, 0.4) is 0 Å². The molecule has 0 aliphatic carbocycles. The molecule has 0 radical (unpaired) electrons. The first-order valence-corrected chi connectivity index (χ1v) is 12.2. The molecular formula is C26H32O12. The van der Waals surface area contributed by atoms with Gasteiger partial charge in [-0.2, -0.15) is 0 Å². The predicted molar refractivity (Wildman–Crippen MR) is 128 cm³/mol. The molecule has 9 atom stereocenters. The molecule has 0 bridgehead atoms. The van der Waals surface area contributed by atoms with Crippen LogP contribution in [0.1, 0.15) is 23.3 Å². The fourth-order valence-electron chi connectivity index (χ4n) is 5.55. The fourth-order valence-corrected chi connectivity index (χ4v) is 5.55. The average molecular weight is 537 g/mol. The van der Waals surface area contributed by atoms with Crippen LogP contribution in [-0.2, 0) is 18.9 Å². The van der Waals surface area contributed by atoms with E-state index in [1.54, 1.807) is 24.3 Å². The zero-order valence-electron chi connectivity index (χ0n) is 20.8. The van der Waals surface area contributed by atoms with E-state index in [9.17, 15) is 30.6 Å². The summed E-state index contributed by atoms with van der Waals surface area (Å²) in [4.78, 5) is 0. The van der Waals surface area contributed by atoms with Gasteiger partial charge in [-0.1, -0.05) is 12.1 Å². The molecule has 0 amide bonds.